The zero-order valence-electron chi connectivity index (χ0n) is 15.0. The third-order valence-electron chi connectivity index (χ3n) is 3.33. The fourth-order valence-electron chi connectivity index (χ4n) is 1.87. The Bertz CT molecular complexity index is 727. The first-order valence-corrected chi connectivity index (χ1v) is 9.10. The summed E-state index contributed by atoms with van der Waals surface area (Å²) >= 11 is 0.428. The molecule has 0 fully saturated rings. The molecular formula is C17H20N3O7S-. The molecule has 3 amide bonds. The predicted molar refractivity (Wildman–Crippen MR) is 97.4 cm³/mol. The van der Waals surface area contributed by atoms with Gasteiger partial charge in [-0.15, -0.1) is 0 Å². The van der Waals surface area contributed by atoms with Crippen LogP contribution < -0.4 is 21.5 Å². The number of aliphatic carboxylic acids is 1. The fourth-order valence-corrected chi connectivity index (χ4v) is 2.43. The van der Waals surface area contributed by atoms with Crippen molar-refractivity contribution < 1.29 is 33.8 Å². The Balaban J connectivity index is 2.70. The summed E-state index contributed by atoms with van der Waals surface area (Å²) in [4.78, 5) is 57.6. The maximum atomic E-state index is 12.3. The number of carboxylic acid groups (broad SMARTS) is 1. The zero-order valence-corrected chi connectivity index (χ0v) is 15.8. The van der Waals surface area contributed by atoms with Gasteiger partial charge >= 0.3 is 6.09 Å². The number of ether oxygens (including phenoxy) is 1. The summed E-state index contributed by atoms with van der Waals surface area (Å²) in [5, 5.41) is 14.3. The quantitative estimate of drug-likeness (QED) is 0.426. The summed E-state index contributed by atoms with van der Waals surface area (Å²) in [5.74, 6) is -3.69. The molecule has 1 aromatic carbocycles. The van der Waals surface area contributed by atoms with Gasteiger partial charge in [-0.3, -0.25) is 14.4 Å². The second-order valence-electron chi connectivity index (χ2n) is 5.63. The Morgan fingerprint density at radius 2 is 1.79 bits per heavy atom. The van der Waals surface area contributed by atoms with Gasteiger partial charge in [0.05, 0.1) is 5.97 Å². The van der Waals surface area contributed by atoms with E-state index in [0.29, 0.717) is 17.3 Å². The first-order valence-electron chi connectivity index (χ1n) is 8.11. The Morgan fingerprint density at radius 1 is 1.14 bits per heavy atom. The molecule has 10 nitrogen and oxygen atoms in total. The number of primary amides is 1. The minimum absolute atomic E-state index is 0.0634. The number of nitrogens with two attached hydrogens (primary N) is 1. The molecule has 28 heavy (non-hydrogen) atoms. The number of hydrogen-bond acceptors (Lipinski definition) is 8. The maximum Gasteiger partial charge on any atom is 0.408 e. The summed E-state index contributed by atoms with van der Waals surface area (Å²) < 4.78 is 5.00. The van der Waals surface area contributed by atoms with Crippen molar-refractivity contribution in [2.75, 3.05) is 5.75 Å². The van der Waals surface area contributed by atoms with Crippen LogP contribution in [0.3, 0.4) is 0 Å². The monoisotopic (exact) mass is 410 g/mol. The predicted octanol–water partition coefficient (Wildman–Crippen LogP) is -1.33. The number of alkyl carbamates (subject to hydrolysis) is 1. The Kier molecular flexibility index (Phi) is 9.51. The van der Waals surface area contributed by atoms with Gasteiger partial charge in [0.25, 0.3) is 0 Å². The highest BCUT2D eigenvalue weighted by Crippen LogP contribution is 2.09. The van der Waals surface area contributed by atoms with Crippen LogP contribution in [0.25, 0.3) is 0 Å². The van der Waals surface area contributed by atoms with Crippen molar-refractivity contribution >= 4 is 40.8 Å². The van der Waals surface area contributed by atoms with Gasteiger partial charge in [-0.25, -0.2) is 4.79 Å². The minimum atomic E-state index is -1.45. The first kappa shape index (κ1) is 23.0. The van der Waals surface area contributed by atoms with Gasteiger partial charge < -0.3 is 31.0 Å². The van der Waals surface area contributed by atoms with Crippen LogP contribution in [0, 0.1) is 0 Å². The molecule has 0 saturated carbocycles. The van der Waals surface area contributed by atoms with E-state index >= 15 is 0 Å². The van der Waals surface area contributed by atoms with E-state index in [0.717, 1.165) is 0 Å². The lowest BCUT2D eigenvalue weighted by molar-refractivity contribution is -0.301. The SMILES string of the molecule is C[C@H](NC(=O)C(CC(=O)SCC(=O)[O-])NC(=O)OCc1ccccc1)C(N)=O. The van der Waals surface area contributed by atoms with E-state index in [4.69, 9.17) is 10.5 Å². The van der Waals surface area contributed by atoms with Gasteiger partial charge in [-0.1, -0.05) is 42.1 Å². The van der Waals surface area contributed by atoms with Crippen LogP contribution in [-0.4, -0.2) is 46.8 Å². The van der Waals surface area contributed by atoms with Crippen LogP contribution in [-0.2, 0) is 30.5 Å². The van der Waals surface area contributed by atoms with E-state index in [1.54, 1.807) is 30.3 Å². The van der Waals surface area contributed by atoms with Crippen molar-refractivity contribution in [3.63, 3.8) is 0 Å². The van der Waals surface area contributed by atoms with Gasteiger partial charge in [-0.05, 0) is 12.5 Å². The third kappa shape index (κ3) is 9.03. The topological polar surface area (TPSA) is 168 Å². The number of rotatable bonds is 10. The number of thioether (sulfide) groups is 1. The van der Waals surface area contributed by atoms with Crippen LogP contribution in [0.1, 0.15) is 18.9 Å². The average molecular weight is 410 g/mol. The van der Waals surface area contributed by atoms with Gasteiger partial charge in [-0.2, -0.15) is 0 Å². The van der Waals surface area contributed by atoms with Crippen molar-refractivity contribution in [2.24, 2.45) is 5.73 Å². The number of hydrogen-bond donors (Lipinski definition) is 3. The van der Waals surface area contributed by atoms with E-state index in [1.165, 1.54) is 6.92 Å². The number of carboxylic acids is 1. The van der Waals surface area contributed by atoms with E-state index in [9.17, 15) is 29.1 Å². The molecule has 152 valence electrons. The average Bonchev–Trinajstić information content (AvgIpc) is 2.64. The number of carbonyl (C=O) groups excluding carboxylic acids is 5. The van der Waals surface area contributed by atoms with Crippen molar-refractivity contribution in [1.29, 1.82) is 0 Å². The van der Waals surface area contributed by atoms with Gasteiger partial charge in [0.15, 0.2) is 5.12 Å². The largest absolute Gasteiger partial charge is 0.549 e. The van der Waals surface area contributed by atoms with Crippen molar-refractivity contribution in [3.05, 3.63) is 35.9 Å². The van der Waals surface area contributed by atoms with Crippen molar-refractivity contribution in [2.45, 2.75) is 32.0 Å². The molecule has 0 spiro atoms. The summed E-state index contributed by atoms with van der Waals surface area (Å²) in [7, 11) is 0. The molecule has 0 heterocycles. The third-order valence-corrected chi connectivity index (χ3v) is 4.20. The highest BCUT2D eigenvalue weighted by molar-refractivity contribution is 8.14. The molecule has 0 aliphatic heterocycles. The molecule has 4 N–H and O–H groups in total. The highest BCUT2D eigenvalue weighted by atomic mass is 32.2. The van der Waals surface area contributed by atoms with Crippen LogP contribution >= 0.6 is 11.8 Å². The van der Waals surface area contributed by atoms with Crippen molar-refractivity contribution in [3.8, 4) is 0 Å². The lowest BCUT2D eigenvalue weighted by atomic mass is 10.2. The molecule has 2 atom stereocenters. The Labute approximate surface area is 165 Å². The molecule has 1 rings (SSSR count). The second kappa shape index (κ2) is 11.6. The summed E-state index contributed by atoms with van der Waals surface area (Å²) in [6, 6.07) is 6.34. The smallest absolute Gasteiger partial charge is 0.408 e. The lowest BCUT2D eigenvalue weighted by Gasteiger charge is -2.19. The Hall–Kier alpha value is -3.08. The normalized spacial score (nSPS) is 12.3. The van der Waals surface area contributed by atoms with E-state index in [-0.39, 0.29) is 6.61 Å². The van der Waals surface area contributed by atoms with E-state index in [2.05, 4.69) is 10.6 Å². The van der Waals surface area contributed by atoms with Crippen LogP contribution in [0.2, 0.25) is 0 Å². The number of nitrogens with one attached hydrogen (secondary N) is 2. The lowest BCUT2D eigenvalue weighted by Crippen LogP contribution is -2.52. The first-order chi connectivity index (χ1) is 13.2. The molecule has 0 aliphatic rings. The van der Waals surface area contributed by atoms with Crippen LogP contribution in [0.4, 0.5) is 4.79 Å². The summed E-state index contributed by atoms with van der Waals surface area (Å²) in [5.41, 5.74) is 5.78. The molecule has 0 bridgehead atoms. The van der Waals surface area contributed by atoms with E-state index < -0.39 is 53.2 Å². The van der Waals surface area contributed by atoms with Gasteiger partial charge in [0, 0.05) is 12.2 Å². The number of carbonyl (C=O) groups is 5. The maximum absolute atomic E-state index is 12.3. The molecule has 1 aromatic rings. The highest BCUT2D eigenvalue weighted by Gasteiger charge is 2.26. The van der Waals surface area contributed by atoms with Gasteiger partial charge in [0.1, 0.15) is 18.7 Å². The number of benzene rings is 1. The second-order valence-corrected chi connectivity index (χ2v) is 6.66. The standard InChI is InChI=1S/C17H21N3O7S/c1-10(15(18)24)19-16(25)12(7-14(23)28-9-13(21)22)20-17(26)27-8-11-5-3-2-4-6-11/h2-6,10,12H,7-9H2,1H3,(H2,18,24)(H,19,25)(H,20,26)(H,21,22)/p-1/t10-,12?/m0/s1. The van der Waals surface area contributed by atoms with Gasteiger partial charge in [0.2, 0.25) is 11.8 Å². The van der Waals surface area contributed by atoms with Crippen LogP contribution in [0.5, 0.6) is 0 Å². The zero-order chi connectivity index (χ0) is 21.1. The molecular weight excluding hydrogens is 390 g/mol. The summed E-state index contributed by atoms with van der Waals surface area (Å²) in [6.07, 6.45) is -1.48. The van der Waals surface area contributed by atoms with Crippen LogP contribution in [0.15, 0.2) is 30.3 Å². The fraction of sp³-hybridized carbons (Fsp3) is 0.353. The molecule has 0 aromatic heterocycles. The molecule has 0 saturated heterocycles. The van der Waals surface area contributed by atoms with Crippen molar-refractivity contribution in [1.82, 2.24) is 10.6 Å². The Morgan fingerprint density at radius 3 is 2.36 bits per heavy atom. The molecule has 0 aliphatic carbocycles. The molecule has 11 heteroatoms. The molecule has 0 radical (unpaired) electrons. The minimum Gasteiger partial charge on any atom is -0.549 e. The van der Waals surface area contributed by atoms with E-state index in [1.807, 2.05) is 0 Å². The molecule has 1 unspecified atom stereocenters. The number of amides is 3. The summed E-state index contributed by atoms with van der Waals surface area (Å²) in [6.45, 7) is 1.27.